The second kappa shape index (κ2) is 7.75. The Morgan fingerprint density at radius 3 is 2.58 bits per heavy atom. The molecule has 0 fully saturated rings. The van der Waals surface area contributed by atoms with Gasteiger partial charge in [0.15, 0.2) is 10.9 Å². The normalized spacial score (nSPS) is 10.3. The van der Waals surface area contributed by atoms with E-state index < -0.39 is 4.92 Å². The molecule has 2 aromatic carbocycles. The molecule has 0 spiro atoms. The number of nitro benzene ring substituents is 1. The third kappa shape index (κ3) is 4.42. The Morgan fingerprint density at radius 2 is 1.88 bits per heavy atom. The highest BCUT2D eigenvalue weighted by Crippen LogP contribution is 2.16. The lowest BCUT2D eigenvalue weighted by Gasteiger charge is -2.08. The highest BCUT2D eigenvalue weighted by Gasteiger charge is 2.06. The molecule has 0 saturated carbocycles. The van der Waals surface area contributed by atoms with Gasteiger partial charge in [-0.3, -0.25) is 14.8 Å². The van der Waals surface area contributed by atoms with Crippen LogP contribution in [0.1, 0.15) is 11.1 Å². The number of nitrogens with zero attached hydrogens (tertiary/aromatic N) is 3. The molecule has 26 heavy (non-hydrogen) atoms. The summed E-state index contributed by atoms with van der Waals surface area (Å²) in [7, 11) is 0. The molecule has 1 aromatic heterocycles. The SMILES string of the molecule is Cc1ccccc1Cn1ccc(NC(=S)Nc2ccc([N+](=O)[O-])cc2)n1. The molecule has 0 amide bonds. The van der Waals surface area contributed by atoms with Crippen LogP contribution in [0.25, 0.3) is 0 Å². The lowest BCUT2D eigenvalue weighted by atomic mass is 10.1. The maximum Gasteiger partial charge on any atom is 0.269 e. The van der Waals surface area contributed by atoms with Gasteiger partial charge >= 0.3 is 0 Å². The standard InChI is InChI=1S/C18H17N5O2S/c1-13-4-2-3-5-14(13)12-22-11-10-17(21-22)20-18(26)19-15-6-8-16(9-7-15)23(24)25/h2-11H,12H2,1H3,(H2,19,20,21,26). The van der Waals surface area contributed by atoms with Crippen molar-refractivity contribution in [1.82, 2.24) is 9.78 Å². The van der Waals surface area contributed by atoms with Crippen molar-refractivity contribution in [3.63, 3.8) is 0 Å². The van der Waals surface area contributed by atoms with E-state index in [9.17, 15) is 10.1 Å². The number of nitrogens with one attached hydrogen (secondary N) is 2. The van der Waals surface area contributed by atoms with E-state index >= 15 is 0 Å². The number of rotatable bonds is 5. The zero-order chi connectivity index (χ0) is 18.5. The van der Waals surface area contributed by atoms with Crippen LogP contribution in [0.15, 0.2) is 60.8 Å². The van der Waals surface area contributed by atoms with Crippen LogP contribution in [0.4, 0.5) is 17.2 Å². The fourth-order valence-corrected chi connectivity index (χ4v) is 2.65. The molecular weight excluding hydrogens is 350 g/mol. The number of aryl methyl sites for hydroxylation is 1. The summed E-state index contributed by atoms with van der Waals surface area (Å²) in [5, 5.41) is 21.5. The van der Waals surface area contributed by atoms with E-state index in [1.54, 1.807) is 12.1 Å². The van der Waals surface area contributed by atoms with Crippen molar-refractivity contribution in [3.05, 3.63) is 82.0 Å². The predicted octanol–water partition coefficient (Wildman–Crippen LogP) is 3.96. The molecular formula is C18H17N5O2S. The number of hydrogen-bond donors (Lipinski definition) is 2. The van der Waals surface area contributed by atoms with Gasteiger partial charge in [-0.25, -0.2) is 0 Å². The number of thiocarbonyl (C=S) groups is 1. The minimum atomic E-state index is -0.443. The topological polar surface area (TPSA) is 85.0 Å². The first-order valence-electron chi connectivity index (χ1n) is 7.92. The Hall–Kier alpha value is -3.26. The largest absolute Gasteiger partial charge is 0.332 e. The second-order valence-corrected chi connectivity index (χ2v) is 6.12. The van der Waals surface area contributed by atoms with Crippen LogP contribution in [0.3, 0.4) is 0 Å². The second-order valence-electron chi connectivity index (χ2n) is 5.71. The number of non-ortho nitro benzene ring substituents is 1. The molecule has 0 radical (unpaired) electrons. The summed E-state index contributed by atoms with van der Waals surface area (Å²) in [5.41, 5.74) is 3.11. The highest BCUT2D eigenvalue weighted by molar-refractivity contribution is 7.80. The minimum Gasteiger partial charge on any atom is -0.332 e. The van der Waals surface area contributed by atoms with Crippen LogP contribution in [0, 0.1) is 17.0 Å². The number of aromatic nitrogens is 2. The lowest BCUT2D eigenvalue weighted by molar-refractivity contribution is -0.384. The molecule has 7 nitrogen and oxygen atoms in total. The molecule has 0 unspecified atom stereocenters. The van der Waals surface area contributed by atoms with E-state index in [1.807, 2.05) is 29.1 Å². The Bertz CT molecular complexity index is 937. The lowest BCUT2D eigenvalue weighted by Crippen LogP contribution is -2.19. The van der Waals surface area contributed by atoms with Gasteiger partial charge in [0.2, 0.25) is 0 Å². The van der Waals surface area contributed by atoms with Crippen LogP contribution in [-0.4, -0.2) is 19.8 Å². The van der Waals surface area contributed by atoms with Crippen LogP contribution in [0.2, 0.25) is 0 Å². The predicted molar refractivity (Wildman–Crippen MR) is 105 cm³/mol. The first-order chi connectivity index (χ1) is 12.5. The highest BCUT2D eigenvalue weighted by atomic mass is 32.1. The van der Waals surface area contributed by atoms with E-state index in [-0.39, 0.29) is 5.69 Å². The molecule has 3 rings (SSSR count). The Labute approximate surface area is 155 Å². The van der Waals surface area contributed by atoms with Crippen molar-refractivity contribution in [1.29, 1.82) is 0 Å². The number of nitro groups is 1. The van der Waals surface area contributed by atoms with Crippen molar-refractivity contribution in [2.75, 3.05) is 10.6 Å². The van der Waals surface area contributed by atoms with E-state index in [0.717, 1.165) is 0 Å². The third-order valence-corrected chi connectivity index (χ3v) is 4.02. The van der Waals surface area contributed by atoms with Gasteiger partial charge in [0.25, 0.3) is 5.69 Å². The van der Waals surface area contributed by atoms with Crippen molar-refractivity contribution >= 4 is 34.5 Å². The first-order valence-corrected chi connectivity index (χ1v) is 8.32. The van der Waals surface area contributed by atoms with Gasteiger partial charge in [-0.2, -0.15) is 5.10 Å². The number of benzene rings is 2. The van der Waals surface area contributed by atoms with Crippen molar-refractivity contribution < 1.29 is 4.92 Å². The molecule has 0 aliphatic carbocycles. The quantitative estimate of drug-likeness (QED) is 0.403. The first kappa shape index (κ1) is 17.6. The average Bonchev–Trinajstić information content (AvgIpc) is 3.04. The van der Waals surface area contributed by atoms with Gasteiger partial charge in [0.1, 0.15) is 0 Å². The smallest absolute Gasteiger partial charge is 0.269 e. The monoisotopic (exact) mass is 367 g/mol. The molecule has 0 saturated heterocycles. The molecule has 0 bridgehead atoms. The zero-order valence-corrected chi connectivity index (χ0v) is 14.9. The van der Waals surface area contributed by atoms with Gasteiger partial charge < -0.3 is 10.6 Å². The van der Waals surface area contributed by atoms with Gasteiger partial charge in [-0.15, -0.1) is 0 Å². The fourth-order valence-electron chi connectivity index (χ4n) is 2.42. The van der Waals surface area contributed by atoms with Crippen molar-refractivity contribution in [2.24, 2.45) is 0 Å². The van der Waals surface area contributed by atoms with Crippen molar-refractivity contribution in [3.8, 4) is 0 Å². The molecule has 2 N–H and O–H groups in total. The molecule has 0 atom stereocenters. The average molecular weight is 367 g/mol. The van der Waals surface area contributed by atoms with Crippen LogP contribution in [-0.2, 0) is 6.54 Å². The molecule has 0 aliphatic rings. The Balaban J connectivity index is 1.59. The number of hydrogen-bond acceptors (Lipinski definition) is 4. The number of anilines is 2. The maximum atomic E-state index is 10.7. The summed E-state index contributed by atoms with van der Waals surface area (Å²) in [6, 6.07) is 16.0. The summed E-state index contributed by atoms with van der Waals surface area (Å²) in [5.74, 6) is 0.623. The fraction of sp³-hybridized carbons (Fsp3) is 0.111. The summed E-state index contributed by atoms with van der Waals surface area (Å²) >= 11 is 5.26. The van der Waals surface area contributed by atoms with Crippen molar-refractivity contribution in [2.45, 2.75) is 13.5 Å². The van der Waals surface area contributed by atoms with Gasteiger partial charge in [0.05, 0.1) is 11.5 Å². The molecule has 132 valence electrons. The van der Waals surface area contributed by atoms with E-state index in [2.05, 4.69) is 34.8 Å². The Kier molecular flexibility index (Phi) is 5.23. The van der Waals surface area contributed by atoms with Crippen LogP contribution >= 0.6 is 12.2 Å². The van der Waals surface area contributed by atoms with E-state index in [1.165, 1.54) is 23.3 Å². The molecule has 8 heteroatoms. The summed E-state index contributed by atoms with van der Waals surface area (Å²) < 4.78 is 1.83. The summed E-state index contributed by atoms with van der Waals surface area (Å²) in [6.45, 7) is 2.75. The van der Waals surface area contributed by atoms with Crippen LogP contribution < -0.4 is 10.6 Å². The maximum absolute atomic E-state index is 10.7. The Morgan fingerprint density at radius 1 is 1.15 bits per heavy atom. The van der Waals surface area contributed by atoms with E-state index in [0.29, 0.717) is 23.2 Å². The summed E-state index contributed by atoms with van der Waals surface area (Å²) in [6.07, 6.45) is 1.88. The minimum absolute atomic E-state index is 0.0318. The molecule has 3 aromatic rings. The van der Waals surface area contributed by atoms with Gasteiger partial charge in [-0.1, -0.05) is 24.3 Å². The van der Waals surface area contributed by atoms with Gasteiger partial charge in [-0.05, 0) is 42.4 Å². The van der Waals surface area contributed by atoms with Gasteiger partial charge in [0, 0.05) is 30.1 Å². The molecule has 1 heterocycles. The molecule has 0 aliphatic heterocycles. The zero-order valence-electron chi connectivity index (χ0n) is 14.0. The van der Waals surface area contributed by atoms with E-state index in [4.69, 9.17) is 12.2 Å². The summed E-state index contributed by atoms with van der Waals surface area (Å²) in [4.78, 5) is 10.2. The third-order valence-electron chi connectivity index (χ3n) is 3.81. The van der Waals surface area contributed by atoms with Crippen LogP contribution in [0.5, 0.6) is 0 Å².